The Labute approximate surface area is 110 Å². The molecule has 2 fully saturated rings. The van der Waals surface area contributed by atoms with Gasteiger partial charge in [0.05, 0.1) is 10.9 Å². The summed E-state index contributed by atoms with van der Waals surface area (Å²) in [5, 5.41) is 3.22. The van der Waals surface area contributed by atoms with Crippen molar-refractivity contribution in [3.63, 3.8) is 0 Å². The van der Waals surface area contributed by atoms with Crippen LogP contribution in [0.3, 0.4) is 0 Å². The Morgan fingerprint density at radius 3 is 2.83 bits per heavy atom. The van der Waals surface area contributed by atoms with E-state index in [0.717, 1.165) is 45.1 Å². The molecule has 4 nitrogen and oxygen atoms in total. The first-order valence-corrected chi connectivity index (χ1v) is 8.99. The van der Waals surface area contributed by atoms with Crippen LogP contribution in [-0.2, 0) is 14.6 Å². The van der Waals surface area contributed by atoms with Crippen molar-refractivity contribution in [1.82, 2.24) is 5.32 Å². The highest BCUT2D eigenvalue weighted by Gasteiger charge is 2.51. The lowest BCUT2D eigenvalue weighted by Gasteiger charge is -2.42. The van der Waals surface area contributed by atoms with Gasteiger partial charge in [-0.25, -0.2) is 8.42 Å². The van der Waals surface area contributed by atoms with E-state index >= 15 is 0 Å². The predicted octanol–water partition coefficient (Wildman–Crippen LogP) is 1.50. The van der Waals surface area contributed by atoms with Gasteiger partial charge in [-0.05, 0) is 45.1 Å². The van der Waals surface area contributed by atoms with Crippen LogP contribution < -0.4 is 5.32 Å². The molecule has 1 aliphatic carbocycles. The van der Waals surface area contributed by atoms with Gasteiger partial charge >= 0.3 is 0 Å². The zero-order valence-electron chi connectivity index (χ0n) is 11.4. The quantitative estimate of drug-likeness (QED) is 0.845. The highest BCUT2D eigenvalue weighted by Crippen LogP contribution is 2.43. The van der Waals surface area contributed by atoms with Crippen molar-refractivity contribution in [2.24, 2.45) is 0 Å². The van der Waals surface area contributed by atoms with Crippen molar-refractivity contribution in [2.75, 3.05) is 19.4 Å². The molecule has 5 heteroatoms. The maximum Gasteiger partial charge on any atom is 0.153 e. The lowest BCUT2D eigenvalue weighted by molar-refractivity contribution is -0.0810. The minimum Gasteiger partial charge on any atom is -0.374 e. The monoisotopic (exact) mass is 275 g/mol. The smallest absolute Gasteiger partial charge is 0.153 e. The van der Waals surface area contributed by atoms with E-state index in [1.807, 2.05) is 0 Å². The van der Waals surface area contributed by atoms with Crippen LogP contribution in [-0.4, -0.2) is 44.7 Å². The van der Waals surface area contributed by atoms with Crippen LogP contribution in [0.15, 0.2) is 0 Å². The van der Waals surface area contributed by atoms with Gasteiger partial charge in [0.25, 0.3) is 0 Å². The number of hydrogen-bond donors (Lipinski definition) is 1. The maximum atomic E-state index is 11.9. The Bertz CT molecular complexity index is 382. The maximum absolute atomic E-state index is 11.9. The topological polar surface area (TPSA) is 55.4 Å². The molecule has 1 spiro atoms. The van der Waals surface area contributed by atoms with Gasteiger partial charge in [0.2, 0.25) is 0 Å². The second-order valence-electron chi connectivity index (χ2n) is 5.77. The Balaban J connectivity index is 2.09. The van der Waals surface area contributed by atoms with Crippen LogP contribution in [0, 0.1) is 0 Å². The summed E-state index contributed by atoms with van der Waals surface area (Å²) >= 11 is 0. The zero-order valence-corrected chi connectivity index (χ0v) is 12.3. The van der Waals surface area contributed by atoms with E-state index in [1.165, 1.54) is 6.26 Å². The summed E-state index contributed by atoms with van der Waals surface area (Å²) < 4.78 is 29.8. The van der Waals surface area contributed by atoms with E-state index in [4.69, 9.17) is 4.74 Å². The third-order valence-corrected chi connectivity index (χ3v) is 6.00. The minimum absolute atomic E-state index is 0.295. The average Bonchev–Trinajstić information content (AvgIpc) is 2.69. The van der Waals surface area contributed by atoms with Gasteiger partial charge in [-0.3, -0.25) is 0 Å². The molecule has 0 bridgehead atoms. The van der Waals surface area contributed by atoms with Crippen molar-refractivity contribution in [1.29, 1.82) is 0 Å². The van der Waals surface area contributed by atoms with Gasteiger partial charge in [0.1, 0.15) is 0 Å². The molecule has 3 unspecified atom stereocenters. The molecule has 18 heavy (non-hydrogen) atoms. The number of nitrogens with one attached hydrogen (secondary N) is 1. The fourth-order valence-corrected chi connectivity index (χ4v) is 5.18. The van der Waals surface area contributed by atoms with Gasteiger partial charge < -0.3 is 10.1 Å². The van der Waals surface area contributed by atoms with Crippen LogP contribution in [0.5, 0.6) is 0 Å². The van der Waals surface area contributed by atoms with Crippen molar-refractivity contribution in [3.8, 4) is 0 Å². The molecule has 1 heterocycles. The number of hydrogen-bond acceptors (Lipinski definition) is 4. The normalized spacial score (nSPS) is 37.2. The molecule has 3 atom stereocenters. The summed E-state index contributed by atoms with van der Waals surface area (Å²) in [6, 6.07) is 0.418. The van der Waals surface area contributed by atoms with Crippen molar-refractivity contribution < 1.29 is 13.2 Å². The van der Waals surface area contributed by atoms with Gasteiger partial charge in [0.15, 0.2) is 9.84 Å². The van der Waals surface area contributed by atoms with Crippen LogP contribution in [0.2, 0.25) is 0 Å². The van der Waals surface area contributed by atoms with E-state index in [2.05, 4.69) is 12.2 Å². The second kappa shape index (κ2) is 5.47. The third-order valence-electron chi connectivity index (χ3n) is 4.30. The van der Waals surface area contributed by atoms with Gasteiger partial charge in [-0.1, -0.05) is 6.92 Å². The Morgan fingerprint density at radius 1 is 1.39 bits per heavy atom. The van der Waals surface area contributed by atoms with E-state index in [9.17, 15) is 8.42 Å². The van der Waals surface area contributed by atoms with Crippen molar-refractivity contribution in [2.45, 2.75) is 62.3 Å². The van der Waals surface area contributed by atoms with E-state index in [-0.39, 0.29) is 5.25 Å². The zero-order chi connectivity index (χ0) is 13.2. The summed E-state index contributed by atoms with van der Waals surface area (Å²) in [6.07, 6.45) is 6.95. The Hall–Kier alpha value is -0.130. The van der Waals surface area contributed by atoms with Crippen LogP contribution in [0.25, 0.3) is 0 Å². The van der Waals surface area contributed by atoms with E-state index < -0.39 is 15.4 Å². The SMILES string of the molecule is CCCNC1CCOC2(CCCC2S(C)(=O)=O)C1. The molecule has 0 aromatic heterocycles. The minimum atomic E-state index is -3.01. The molecule has 106 valence electrons. The third kappa shape index (κ3) is 2.89. The van der Waals surface area contributed by atoms with Crippen molar-refractivity contribution in [3.05, 3.63) is 0 Å². The Kier molecular flexibility index (Phi) is 4.34. The summed E-state index contributed by atoms with van der Waals surface area (Å²) in [4.78, 5) is 0. The highest BCUT2D eigenvalue weighted by atomic mass is 32.2. The molecule has 1 N–H and O–H groups in total. The molecule has 0 amide bonds. The van der Waals surface area contributed by atoms with Gasteiger partial charge in [-0.15, -0.1) is 0 Å². The molecular formula is C13H25NO3S. The Morgan fingerprint density at radius 2 is 2.17 bits per heavy atom. The molecule has 0 aromatic rings. The fourth-order valence-electron chi connectivity index (χ4n) is 3.52. The number of rotatable bonds is 4. The molecule has 1 aliphatic heterocycles. The van der Waals surface area contributed by atoms with Crippen LogP contribution in [0.1, 0.15) is 45.4 Å². The molecular weight excluding hydrogens is 250 g/mol. The van der Waals surface area contributed by atoms with Crippen molar-refractivity contribution >= 4 is 9.84 Å². The van der Waals surface area contributed by atoms with Gasteiger partial charge in [0, 0.05) is 18.9 Å². The first kappa shape index (κ1) is 14.3. The molecule has 1 saturated carbocycles. The summed E-state index contributed by atoms with van der Waals surface area (Å²) in [5.74, 6) is 0. The molecule has 1 saturated heterocycles. The highest BCUT2D eigenvalue weighted by molar-refractivity contribution is 7.91. The van der Waals surface area contributed by atoms with E-state index in [1.54, 1.807) is 0 Å². The van der Waals surface area contributed by atoms with E-state index in [0.29, 0.717) is 12.6 Å². The predicted molar refractivity (Wildman–Crippen MR) is 72.5 cm³/mol. The number of sulfone groups is 1. The average molecular weight is 275 g/mol. The molecule has 2 rings (SSSR count). The first-order chi connectivity index (χ1) is 8.48. The van der Waals surface area contributed by atoms with Gasteiger partial charge in [-0.2, -0.15) is 0 Å². The summed E-state index contributed by atoms with van der Waals surface area (Å²) in [7, 11) is -3.01. The first-order valence-electron chi connectivity index (χ1n) is 7.04. The molecule has 0 aromatic carbocycles. The molecule has 2 aliphatic rings. The molecule has 0 radical (unpaired) electrons. The largest absolute Gasteiger partial charge is 0.374 e. The van der Waals surface area contributed by atoms with Crippen LogP contribution in [0.4, 0.5) is 0 Å². The summed E-state index contributed by atoms with van der Waals surface area (Å²) in [6.45, 7) is 3.84. The summed E-state index contributed by atoms with van der Waals surface area (Å²) in [5.41, 5.74) is -0.406. The lowest BCUT2D eigenvalue weighted by atomic mass is 9.88. The number of ether oxygens (including phenoxy) is 1. The second-order valence-corrected chi connectivity index (χ2v) is 8.00. The fraction of sp³-hybridized carbons (Fsp3) is 1.00. The van der Waals surface area contributed by atoms with Crippen LogP contribution >= 0.6 is 0 Å². The standard InChI is InChI=1S/C13H25NO3S/c1-3-8-14-11-6-9-17-13(10-11)7-4-5-12(13)18(2,15)16/h11-12,14H,3-10H2,1-2H3. The lowest BCUT2D eigenvalue weighted by Crippen LogP contribution is -2.53.